The normalized spacial score (nSPS) is 18.1. The second-order valence-corrected chi connectivity index (χ2v) is 13.3. The predicted molar refractivity (Wildman–Crippen MR) is 150 cm³/mol. The van der Waals surface area contributed by atoms with Gasteiger partial charge in [0.1, 0.15) is 29.3 Å². The average Bonchev–Trinajstić information content (AvgIpc) is 2.88. The van der Waals surface area contributed by atoms with Gasteiger partial charge in [-0.25, -0.2) is 22.3 Å². The summed E-state index contributed by atoms with van der Waals surface area (Å²) in [6, 6.07) is 9.46. The van der Waals surface area contributed by atoms with Gasteiger partial charge in [-0.05, 0) is 50.6 Å². The molecule has 1 fully saturated rings. The van der Waals surface area contributed by atoms with Gasteiger partial charge in [0.15, 0.2) is 0 Å². The van der Waals surface area contributed by atoms with Gasteiger partial charge in [-0.1, -0.05) is 41.0 Å². The number of aryl methyl sites for hydroxylation is 1. The number of esters is 1. The van der Waals surface area contributed by atoms with Gasteiger partial charge in [0.25, 0.3) is 15.9 Å². The summed E-state index contributed by atoms with van der Waals surface area (Å²) >= 11 is -1.33. The van der Waals surface area contributed by atoms with Crippen molar-refractivity contribution in [3.63, 3.8) is 0 Å². The highest BCUT2D eigenvalue weighted by molar-refractivity contribution is 7.91. The van der Waals surface area contributed by atoms with Crippen molar-refractivity contribution in [2.24, 2.45) is 0 Å². The molecule has 0 bridgehead atoms. The summed E-state index contributed by atoms with van der Waals surface area (Å²) in [4.78, 5) is 40.3. The number of carbonyl (C=O) groups excluding carboxylic acids is 3. The molecule has 1 saturated heterocycles. The topological polar surface area (TPSA) is 145 Å². The minimum absolute atomic E-state index is 0.0867. The molecular weight excluding hydrogens is 558 g/mol. The molecule has 0 radical (unpaired) electrons. The fraction of sp³-hybridized carbons (Fsp3) is 0.444. The molecule has 0 aromatic heterocycles. The van der Waals surface area contributed by atoms with Gasteiger partial charge in [0, 0.05) is 27.1 Å². The lowest BCUT2D eigenvalue weighted by atomic mass is 10.0. The van der Waals surface area contributed by atoms with E-state index in [2.05, 4.69) is 5.32 Å². The van der Waals surface area contributed by atoms with Crippen LogP contribution in [-0.2, 0) is 41.9 Å². The van der Waals surface area contributed by atoms with Crippen LogP contribution in [0.5, 0.6) is 5.75 Å². The molecule has 218 valence electrons. The fourth-order valence-corrected chi connectivity index (χ4v) is 6.64. The first-order valence-corrected chi connectivity index (χ1v) is 15.6. The summed E-state index contributed by atoms with van der Waals surface area (Å²) in [5, 5.41) is 2.94. The van der Waals surface area contributed by atoms with Crippen molar-refractivity contribution in [2.75, 3.05) is 32.1 Å². The Hall–Kier alpha value is -3.13. The average molecular weight is 594 g/mol. The van der Waals surface area contributed by atoms with Crippen molar-refractivity contribution in [1.82, 2.24) is 14.5 Å². The smallest absolute Gasteiger partial charge is 0.414 e. The quantitative estimate of drug-likeness (QED) is 0.340. The third kappa shape index (κ3) is 7.96. The van der Waals surface area contributed by atoms with Gasteiger partial charge in [-0.3, -0.25) is 10.1 Å². The maximum Gasteiger partial charge on any atom is 0.414 e. The largest absolute Gasteiger partial charge is 0.616 e. The van der Waals surface area contributed by atoms with E-state index in [1.54, 1.807) is 59.1 Å². The van der Waals surface area contributed by atoms with Crippen LogP contribution in [0.25, 0.3) is 0 Å². The molecule has 11 nitrogen and oxygen atoms in total. The Morgan fingerprint density at radius 1 is 1.07 bits per heavy atom. The van der Waals surface area contributed by atoms with Crippen LogP contribution >= 0.6 is 0 Å². The molecule has 1 heterocycles. The number of rotatable bonds is 9. The molecule has 0 spiro atoms. The number of carbonyl (C=O) groups is 3. The Morgan fingerprint density at radius 2 is 1.70 bits per heavy atom. The maximum atomic E-state index is 14.0. The summed E-state index contributed by atoms with van der Waals surface area (Å²) in [5.74, 6) is -1.30. The van der Waals surface area contributed by atoms with Crippen LogP contribution in [0.3, 0.4) is 0 Å². The monoisotopic (exact) mass is 593 g/mol. The zero-order valence-electron chi connectivity index (χ0n) is 23.2. The highest BCUT2D eigenvalue weighted by atomic mass is 32.2. The van der Waals surface area contributed by atoms with Crippen molar-refractivity contribution < 1.29 is 36.8 Å². The Labute approximate surface area is 238 Å². The van der Waals surface area contributed by atoms with Crippen LogP contribution in [0.15, 0.2) is 53.4 Å². The molecule has 2 aromatic rings. The van der Waals surface area contributed by atoms with Crippen molar-refractivity contribution in [1.29, 1.82) is 0 Å². The molecule has 1 aliphatic heterocycles. The summed E-state index contributed by atoms with van der Waals surface area (Å²) in [6.07, 6.45) is -1.37. The van der Waals surface area contributed by atoms with E-state index >= 15 is 0 Å². The van der Waals surface area contributed by atoms with Crippen LogP contribution in [0.4, 0.5) is 4.79 Å². The summed E-state index contributed by atoms with van der Waals surface area (Å²) in [7, 11) is -1.47. The molecule has 2 amide bonds. The summed E-state index contributed by atoms with van der Waals surface area (Å²) in [6.45, 7) is 5.29. The summed E-state index contributed by atoms with van der Waals surface area (Å²) < 4.78 is 51.5. The van der Waals surface area contributed by atoms with E-state index in [1.165, 1.54) is 29.2 Å². The van der Waals surface area contributed by atoms with Crippen molar-refractivity contribution in [2.45, 2.75) is 50.3 Å². The molecule has 3 atom stereocenters. The number of hydrogen-bond acceptors (Lipinski definition) is 9. The maximum absolute atomic E-state index is 14.0. The van der Waals surface area contributed by atoms with Crippen LogP contribution in [0.1, 0.15) is 25.0 Å². The highest BCUT2D eigenvalue weighted by Crippen LogP contribution is 2.25. The lowest BCUT2D eigenvalue weighted by Gasteiger charge is -2.34. The second-order valence-electron chi connectivity index (χ2n) is 9.88. The molecule has 2 unspecified atom stereocenters. The first kappa shape index (κ1) is 31.4. The van der Waals surface area contributed by atoms with E-state index < -0.39 is 57.4 Å². The zero-order valence-corrected chi connectivity index (χ0v) is 24.8. The molecule has 1 aliphatic rings. The van der Waals surface area contributed by atoms with Gasteiger partial charge in [0.2, 0.25) is 0 Å². The molecule has 1 N–H and O–H groups in total. The molecule has 40 heavy (non-hydrogen) atoms. The third-order valence-electron chi connectivity index (χ3n) is 6.00. The van der Waals surface area contributed by atoms with Crippen LogP contribution in [-0.4, -0.2) is 90.5 Å². The number of nitrogens with zero attached hydrogens (tertiary/aromatic N) is 2. The molecule has 0 saturated carbocycles. The van der Waals surface area contributed by atoms with Crippen LogP contribution < -0.4 is 10.1 Å². The summed E-state index contributed by atoms with van der Waals surface area (Å²) in [5.41, 5.74) is 1.31. The van der Waals surface area contributed by atoms with Crippen molar-refractivity contribution in [3.8, 4) is 5.75 Å². The highest BCUT2D eigenvalue weighted by Gasteiger charge is 2.45. The second kappa shape index (κ2) is 13.5. The zero-order chi connectivity index (χ0) is 29.6. The number of benzene rings is 2. The van der Waals surface area contributed by atoms with Gasteiger partial charge in [-0.15, -0.1) is 0 Å². The first-order chi connectivity index (χ1) is 18.8. The van der Waals surface area contributed by atoms with E-state index in [-0.39, 0.29) is 29.4 Å². The van der Waals surface area contributed by atoms with Gasteiger partial charge in [0.05, 0.1) is 11.0 Å². The Kier molecular flexibility index (Phi) is 10.6. The number of nitrogens with one attached hydrogen (secondary N) is 1. The predicted octanol–water partition coefficient (Wildman–Crippen LogP) is 1.86. The van der Waals surface area contributed by atoms with E-state index in [0.29, 0.717) is 15.6 Å². The van der Waals surface area contributed by atoms with Crippen molar-refractivity contribution in [3.05, 3.63) is 59.7 Å². The minimum atomic E-state index is -4.55. The molecular formula is C27H35N3O8S2. The van der Waals surface area contributed by atoms with Gasteiger partial charge in [-0.2, -0.15) is 0 Å². The number of sulfonamides is 1. The molecule has 2 aromatic carbocycles. The van der Waals surface area contributed by atoms with E-state index in [1.807, 2.05) is 0 Å². The number of hydrogen-bond donors (Lipinski definition) is 1. The standard InChI is InChI=1S/C27H35N3O8S2/c1-18(2)37-26(32)24(16-20-8-10-21(11-9-20)38-27(33)29(4)5)30(25(31)23-17-39(34)15-14-28-23)40(35,36)22-12-6-19(3)7-13-22/h6-13,18,23-24,28H,14-17H2,1-5H3/t23?,24-,39?/m0/s1. The minimum Gasteiger partial charge on any atom is -0.616 e. The number of ether oxygens (including phenoxy) is 2. The Balaban J connectivity index is 2.06. The van der Waals surface area contributed by atoms with Gasteiger partial charge < -0.3 is 18.9 Å². The first-order valence-electron chi connectivity index (χ1n) is 12.7. The lowest BCUT2D eigenvalue weighted by molar-refractivity contribution is -0.155. The third-order valence-corrected chi connectivity index (χ3v) is 9.18. The Morgan fingerprint density at radius 3 is 2.25 bits per heavy atom. The van der Waals surface area contributed by atoms with Crippen molar-refractivity contribution >= 4 is 39.2 Å². The van der Waals surface area contributed by atoms with Crippen LogP contribution in [0, 0.1) is 6.92 Å². The molecule has 0 aliphatic carbocycles. The molecule has 3 rings (SSSR count). The van der Waals surface area contributed by atoms with E-state index in [4.69, 9.17) is 9.47 Å². The van der Waals surface area contributed by atoms with Crippen LogP contribution in [0.2, 0.25) is 0 Å². The van der Waals surface area contributed by atoms with E-state index in [9.17, 15) is 27.4 Å². The molecule has 13 heteroatoms. The lowest BCUT2D eigenvalue weighted by Crippen LogP contribution is -2.60. The number of amides is 2. The van der Waals surface area contributed by atoms with Gasteiger partial charge >= 0.3 is 12.1 Å². The Bertz CT molecular complexity index is 1300. The SMILES string of the molecule is Cc1ccc(S(=O)(=O)N(C(=O)C2C[S+]([O-])CCN2)[C@@H](Cc2ccc(OC(=O)N(C)C)cc2)C(=O)OC(C)C)cc1. The van der Waals surface area contributed by atoms with E-state index in [0.717, 1.165) is 5.56 Å². The fourth-order valence-electron chi connectivity index (χ4n) is 3.93.